The zero-order valence-electron chi connectivity index (χ0n) is 14.1. The Labute approximate surface area is 154 Å². The van der Waals surface area contributed by atoms with Gasteiger partial charge in [-0.2, -0.15) is 0 Å². The number of hydrogen-bond acceptors (Lipinski definition) is 3. The number of methoxy groups -OCH3 is 1. The molecule has 138 valence electrons. The summed E-state index contributed by atoms with van der Waals surface area (Å²) in [7, 11) is 1.45. The zero-order valence-corrected chi connectivity index (χ0v) is 14.9. The van der Waals surface area contributed by atoms with Crippen molar-refractivity contribution in [2.75, 3.05) is 19.0 Å². The van der Waals surface area contributed by atoms with E-state index in [2.05, 4.69) is 5.32 Å². The van der Waals surface area contributed by atoms with Gasteiger partial charge in [-0.05, 0) is 36.8 Å². The summed E-state index contributed by atoms with van der Waals surface area (Å²) in [6.45, 7) is 1.67. The van der Waals surface area contributed by atoms with Crippen molar-refractivity contribution >= 4 is 29.1 Å². The molecule has 8 heteroatoms. The van der Waals surface area contributed by atoms with Gasteiger partial charge in [0.1, 0.15) is 17.2 Å². The number of carbonyl (C=O) groups excluding carboxylic acids is 2. The molecule has 5 nitrogen and oxygen atoms in total. The number of carbonyl (C=O) groups is 2. The Kier molecular flexibility index (Phi) is 6.28. The van der Waals surface area contributed by atoms with Gasteiger partial charge in [0.15, 0.2) is 0 Å². The molecule has 26 heavy (non-hydrogen) atoms. The summed E-state index contributed by atoms with van der Waals surface area (Å²) in [6.07, 6.45) is 0. The number of halogens is 3. The predicted octanol–water partition coefficient (Wildman–Crippen LogP) is 3.23. The molecular weight excluding hydrogens is 366 g/mol. The largest absolute Gasteiger partial charge is 0.372 e. The lowest BCUT2D eigenvalue weighted by Gasteiger charge is -2.29. The Hall–Kier alpha value is -2.51. The number of hydrogen-bond donors (Lipinski definition) is 2. The molecule has 0 heterocycles. The molecule has 0 aliphatic heterocycles. The number of benzene rings is 2. The minimum absolute atomic E-state index is 0.0400. The van der Waals surface area contributed by atoms with E-state index in [0.29, 0.717) is 10.6 Å². The first-order chi connectivity index (χ1) is 12.2. The first kappa shape index (κ1) is 19.8. The molecule has 2 rings (SSSR count). The van der Waals surface area contributed by atoms with Gasteiger partial charge in [-0.25, -0.2) is 8.78 Å². The average molecular weight is 383 g/mol. The Morgan fingerprint density at radius 3 is 2.54 bits per heavy atom. The number of rotatable bonds is 5. The Balaban J connectivity index is 2.04. The molecule has 1 atom stereocenters. The van der Waals surface area contributed by atoms with Gasteiger partial charge < -0.3 is 15.4 Å². The van der Waals surface area contributed by atoms with Crippen molar-refractivity contribution in [3.05, 3.63) is 64.7 Å². The van der Waals surface area contributed by atoms with Gasteiger partial charge in [0.05, 0.1) is 12.2 Å². The van der Waals surface area contributed by atoms with Gasteiger partial charge in [0.25, 0.3) is 0 Å². The molecule has 0 aromatic heterocycles. The fourth-order valence-corrected chi connectivity index (χ4v) is 2.40. The summed E-state index contributed by atoms with van der Waals surface area (Å²) in [6, 6.07) is 9.41. The predicted molar refractivity (Wildman–Crippen MR) is 93.8 cm³/mol. The van der Waals surface area contributed by atoms with Crippen LogP contribution in [0.25, 0.3) is 0 Å². The van der Waals surface area contributed by atoms with Crippen LogP contribution in [-0.4, -0.2) is 25.5 Å². The molecule has 0 aliphatic rings. The molecule has 0 saturated carbocycles. The van der Waals surface area contributed by atoms with Gasteiger partial charge in [0.2, 0.25) is 0 Å². The fourth-order valence-electron chi connectivity index (χ4n) is 2.21. The summed E-state index contributed by atoms with van der Waals surface area (Å²) in [4.78, 5) is 23.9. The first-order valence-electron chi connectivity index (χ1n) is 7.60. The Morgan fingerprint density at radius 1 is 1.15 bits per heavy atom. The fraction of sp³-hybridized carbons (Fsp3) is 0.222. The molecule has 0 unspecified atom stereocenters. The maximum atomic E-state index is 13.5. The summed E-state index contributed by atoms with van der Waals surface area (Å²) < 4.78 is 32.1. The van der Waals surface area contributed by atoms with Crippen LogP contribution in [0.2, 0.25) is 5.02 Å². The van der Waals surface area contributed by atoms with Gasteiger partial charge in [-0.15, -0.1) is 0 Å². The third kappa shape index (κ3) is 4.77. The third-order valence-corrected chi connectivity index (χ3v) is 4.09. The third-order valence-electron chi connectivity index (χ3n) is 3.85. The minimum atomic E-state index is -1.13. The van der Waals surface area contributed by atoms with E-state index in [1.165, 1.54) is 7.11 Å². The van der Waals surface area contributed by atoms with E-state index in [-0.39, 0.29) is 6.54 Å². The van der Waals surface area contributed by atoms with Crippen LogP contribution in [0.4, 0.5) is 14.5 Å². The van der Waals surface area contributed by atoms with Crippen LogP contribution in [0.5, 0.6) is 0 Å². The Morgan fingerprint density at radius 2 is 1.88 bits per heavy atom. The highest BCUT2D eigenvalue weighted by Gasteiger charge is 2.28. The second-order valence-electron chi connectivity index (χ2n) is 5.71. The number of amides is 2. The number of ether oxygens (including phenoxy) is 1. The first-order valence-corrected chi connectivity index (χ1v) is 7.98. The molecule has 0 fully saturated rings. The summed E-state index contributed by atoms with van der Waals surface area (Å²) in [5.41, 5.74) is -0.663. The molecule has 0 spiro atoms. The van der Waals surface area contributed by atoms with Crippen LogP contribution < -0.4 is 10.6 Å². The van der Waals surface area contributed by atoms with Crippen molar-refractivity contribution in [3.8, 4) is 0 Å². The maximum Gasteiger partial charge on any atom is 0.313 e. The molecule has 2 aromatic carbocycles. The molecule has 2 N–H and O–H groups in total. The van der Waals surface area contributed by atoms with E-state index < -0.39 is 34.7 Å². The van der Waals surface area contributed by atoms with Crippen molar-refractivity contribution in [1.82, 2.24) is 5.32 Å². The second-order valence-corrected chi connectivity index (χ2v) is 6.14. The minimum Gasteiger partial charge on any atom is -0.372 e. The summed E-state index contributed by atoms with van der Waals surface area (Å²) in [5, 5.41) is 4.93. The highest BCUT2D eigenvalue weighted by atomic mass is 35.5. The molecule has 0 radical (unpaired) electrons. The van der Waals surface area contributed by atoms with Crippen molar-refractivity contribution < 1.29 is 23.1 Å². The van der Waals surface area contributed by atoms with E-state index in [9.17, 15) is 18.4 Å². The highest BCUT2D eigenvalue weighted by Crippen LogP contribution is 2.26. The monoisotopic (exact) mass is 382 g/mol. The molecule has 0 saturated heterocycles. The Bertz CT molecular complexity index is 832. The van der Waals surface area contributed by atoms with Crippen LogP contribution in [0.1, 0.15) is 12.5 Å². The quantitative estimate of drug-likeness (QED) is 0.780. The SMILES string of the molecule is CO[C@](C)(CNC(=O)C(=O)Nc1cc(F)ccc1F)c1cccc(Cl)c1. The summed E-state index contributed by atoms with van der Waals surface area (Å²) in [5.74, 6) is -3.73. The summed E-state index contributed by atoms with van der Waals surface area (Å²) >= 11 is 5.97. The van der Waals surface area contributed by atoms with Gasteiger partial charge in [0, 0.05) is 18.2 Å². The van der Waals surface area contributed by atoms with Crippen LogP contribution in [0.3, 0.4) is 0 Å². The van der Waals surface area contributed by atoms with Crippen LogP contribution in [0.15, 0.2) is 42.5 Å². The van der Waals surface area contributed by atoms with Gasteiger partial charge in [-0.1, -0.05) is 23.7 Å². The van der Waals surface area contributed by atoms with Crippen LogP contribution >= 0.6 is 11.6 Å². The van der Waals surface area contributed by atoms with Crippen LogP contribution in [-0.2, 0) is 19.9 Å². The molecule has 0 aliphatic carbocycles. The smallest absolute Gasteiger partial charge is 0.313 e. The standard InChI is InChI=1S/C18H17ClF2N2O3/c1-18(26-2,11-4-3-5-12(19)8-11)10-22-16(24)17(25)23-15-9-13(20)6-7-14(15)21/h3-9H,10H2,1-2H3,(H,22,24)(H,23,25)/t18-/m1/s1. The van der Waals surface area contributed by atoms with Crippen LogP contribution in [0, 0.1) is 11.6 Å². The van der Waals surface area contributed by atoms with E-state index in [1.807, 2.05) is 5.32 Å². The van der Waals surface area contributed by atoms with E-state index in [4.69, 9.17) is 16.3 Å². The maximum absolute atomic E-state index is 13.5. The zero-order chi connectivity index (χ0) is 19.3. The van der Waals surface area contributed by atoms with Crippen molar-refractivity contribution in [3.63, 3.8) is 0 Å². The van der Waals surface area contributed by atoms with Gasteiger partial charge >= 0.3 is 11.8 Å². The van der Waals surface area contributed by atoms with E-state index in [0.717, 1.165) is 18.2 Å². The number of anilines is 1. The molecular formula is C18H17ClF2N2O3. The average Bonchev–Trinajstić information content (AvgIpc) is 2.62. The van der Waals surface area contributed by atoms with Crippen molar-refractivity contribution in [2.45, 2.75) is 12.5 Å². The molecule has 2 amide bonds. The molecule has 2 aromatic rings. The highest BCUT2D eigenvalue weighted by molar-refractivity contribution is 6.39. The van der Waals surface area contributed by atoms with Crippen molar-refractivity contribution in [2.24, 2.45) is 0 Å². The topological polar surface area (TPSA) is 67.4 Å². The number of nitrogens with one attached hydrogen (secondary N) is 2. The van der Waals surface area contributed by atoms with Gasteiger partial charge in [-0.3, -0.25) is 9.59 Å². The van der Waals surface area contributed by atoms with E-state index >= 15 is 0 Å². The van der Waals surface area contributed by atoms with E-state index in [1.54, 1.807) is 31.2 Å². The second kappa shape index (κ2) is 8.25. The lowest BCUT2D eigenvalue weighted by atomic mass is 9.95. The lowest BCUT2D eigenvalue weighted by Crippen LogP contribution is -2.44. The lowest BCUT2D eigenvalue weighted by molar-refractivity contribution is -0.137. The molecule has 0 bridgehead atoms. The normalized spacial score (nSPS) is 13.0. The van der Waals surface area contributed by atoms with Crippen molar-refractivity contribution in [1.29, 1.82) is 0 Å².